The van der Waals surface area contributed by atoms with E-state index in [4.69, 9.17) is 4.74 Å². The predicted molar refractivity (Wildman–Crippen MR) is 139 cm³/mol. The molecule has 7 heteroatoms. The number of likely N-dealkylation sites (tertiary alicyclic amines) is 1. The normalized spacial score (nSPS) is 30.4. The van der Waals surface area contributed by atoms with Crippen LogP contribution in [0.3, 0.4) is 0 Å². The molecule has 0 aromatic heterocycles. The molecule has 3 heterocycles. The number of anilines is 1. The summed E-state index contributed by atoms with van der Waals surface area (Å²) in [4.78, 5) is 43.1. The van der Waals surface area contributed by atoms with E-state index in [-0.39, 0.29) is 30.3 Å². The third-order valence-corrected chi connectivity index (χ3v) is 8.39. The summed E-state index contributed by atoms with van der Waals surface area (Å²) in [5.74, 6) is -2.11. The van der Waals surface area contributed by atoms with E-state index in [1.807, 2.05) is 73.7 Å². The van der Waals surface area contributed by atoms with Gasteiger partial charge in [-0.1, -0.05) is 79.4 Å². The van der Waals surface area contributed by atoms with Gasteiger partial charge in [-0.3, -0.25) is 14.4 Å². The Morgan fingerprint density at radius 1 is 1.00 bits per heavy atom. The number of hydrogen-bond acceptors (Lipinski definition) is 4. The van der Waals surface area contributed by atoms with Crippen LogP contribution < -0.4 is 10.6 Å². The summed E-state index contributed by atoms with van der Waals surface area (Å²) in [6.45, 7) is 2.27. The van der Waals surface area contributed by atoms with Crippen LogP contribution in [0, 0.1) is 18.8 Å². The Balaban J connectivity index is 1.32. The molecule has 3 fully saturated rings. The highest BCUT2D eigenvalue weighted by molar-refractivity contribution is 6.02. The average Bonchev–Trinajstić information content (AvgIpc) is 3.54. The molecule has 1 aliphatic carbocycles. The van der Waals surface area contributed by atoms with E-state index in [0.29, 0.717) is 5.69 Å². The highest BCUT2D eigenvalue weighted by atomic mass is 16.5. The lowest BCUT2D eigenvalue weighted by Gasteiger charge is -2.34. The molecule has 1 saturated carbocycles. The second-order valence-electron chi connectivity index (χ2n) is 10.9. The van der Waals surface area contributed by atoms with Gasteiger partial charge < -0.3 is 20.3 Å². The summed E-state index contributed by atoms with van der Waals surface area (Å²) in [5.41, 5.74) is 1.55. The zero-order valence-electron chi connectivity index (χ0n) is 21.1. The second kappa shape index (κ2) is 9.45. The van der Waals surface area contributed by atoms with Crippen molar-refractivity contribution in [3.63, 3.8) is 0 Å². The number of hydrogen-bond donors (Lipinski definition) is 2. The van der Waals surface area contributed by atoms with Crippen LogP contribution in [0.5, 0.6) is 0 Å². The number of aryl methyl sites for hydroxylation is 1. The summed E-state index contributed by atoms with van der Waals surface area (Å²) in [6, 6.07) is 16.5. The predicted octanol–water partition coefficient (Wildman–Crippen LogP) is 3.73. The largest absolute Gasteiger partial charge is 0.359 e. The molecule has 3 aliphatic heterocycles. The first-order chi connectivity index (χ1) is 18.0. The number of ether oxygens (including phenoxy) is 1. The Kier molecular flexibility index (Phi) is 6.11. The van der Waals surface area contributed by atoms with Crippen molar-refractivity contribution in [2.75, 3.05) is 5.32 Å². The monoisotopic (exact) mass is 499 g/mol. The first kappa shape index (κ1) is 23.9. The molecule has 37 heavy (non-hydrogen) atoms. The minimum Gasteiger partial charge on any atom is -0.359 e. The van der Waals surface area contributed by atoms with Crippen LogP contribution in [-0.2, 0) is 25.7 Å². The fourth-order valence-electron chi connectivity index (χ4n) is 6.61. The Labute approximate surface area is 217 Å². The van der Waals surface area contributed by atoms with Gasteiger partial charge in [0, 0.05) is 18.3 Å². The zero-order chi connectivity index (χ0) is 25.6. The number of nitrogens with zero attached hydrogens (tertiary/aromatic N) is 1. The molecule has 3 amide bonds. The molecule has 4 aliphatic rings. The lowest BCUT2D eigenvalue weighted by atomic mass is 9.74. The SMILES string of the molecule is Cc1ccc(NC(=O)[C@H]2[C@H]3C=C[C@@]4(O3)[C@H]2C(=O)N(Cc2ccccc2)[C@@H]4C(=O)NC2CCCCC2)cc1. The highest BCUT2D eigenvalue weighted by Crippen LogP contribution is 2.55. The van der Waals surface area contributed by atoms with E-state index in [0.717, 1.165) is 36.8 Å². The van der Waals surface area contributed by atoms with Crippen LogP contribution in [0.1, 0.15) is 43.2 Å². The maximum Gasteiger partial charge on any atom is 0.246 e. The molecule has 2 aromatic rings. The second-order valence-corrected chi connectivity index (χ2v) is 10.9. The van der Waals surface area contributed by atoms with E-state index in [1.165, 1.54) is 6.42 Å². The van der Waals surface area contributed by atoms with E-state index < -0.39 is 29.6 Å². The molecule has 6 rings (SSSR count). The molecule has 5 atom stereocenters. The molecule has 192 valence electrons. The van der Waals surface area contributed by atoms with Crippen molar-refractivity contribution in [1.82, 2.24) is 10.2 Å². The van der Waals surface area contributed by atoms with E-state index >= 15 is 0 Å². The number of nitrogens with one attached hydrogen (secondary N) is 2. The maximum atomic E-state index is 14.0. The lowest BCUT2D eigenvalue weighted by molar-refractivity contribution is -0.142. The maximum absolute atomic E-state index is 14.0. The van der Waals surface area contributed by atoms with Gasteiger partial charge in [0.1, 0.15) is 11.6 Å². The van der Waals surface area contributed by atoms with E-state index in [2.05, 4.69) is 10.6 Å². The number of benzene rings is 2. The number of fused-ring (bicyclic) bond motifs is 1. The zero-order valence-corrected chi connectivity index (χ0v) is 21.1. The fraction of sp³-hybridized carbons (Fsp3) is 0.433. The van der Waals surface area contributed by atoms with Crippen molar-refractivity contribution >= 4 is 23.4 Å². The molecule has 7 nitrogen and oxygen atoms in total. The van der Waals surface area contributed by atoms with Crippen LogP contribution in [-0.4, -0.2) is 46.4 Å². The molecule has 0 radical (unpaired) electrons. The molecule has 2 N–H and O–H groups in total. The number of carbonyl (C=O) groups excluding carboxylic acids is 3. The summed E-state index contributed by atoms with van der Waals surface area (Å²) < 4.78 is 6.44. The van der Waals surface area contributed by atoms with Gasteiger partial charge in [0.15, 0.2) is 0 Å². The van der Waals surface area contributed by atoms with E-state index in [1.54, 1.807) is 4.90 Å². The van der Waals surface area contributed by atoms with Crippen molar-refractivity contribution < 1.29 is 19.1 Å². The molecular weight excluding hydrogens is 466 g/mol. The third kappa shape index (κ3) is 4.15. The molecule has 0 unspecified atom stereocenters. The Morgan fingerprint density at radius 3 is 2.46 bits per heavy atom. The number of carbonyl (C=O) groups is 3. The lowest BCUT2D eigenvalue weighted by Crippen LogP contribution is -2.56. The van der Waals surface area contributed by atoms with Gasteiger partial charge in [0.05, 0.1) is 17.9 Å². The first-order valence-corrected chi connectivity index (χ1v) is 13.4. The summed E-state index contributed by atoms with van der Waals surface area (Å²) in [7, 11) is 0. The van der Waals surface area contributed by atoms with Crippen molar-refractivity contribution in [2.24, 2.45) is 11.8 Å². The quantitative estimate of drug-likeness (QED) is 0.593. The van der Waals surface area contributed by atoms with Gasteiger partial charge in [-0.2, -0.15) is 0 Å². The highest BCUT2D eigenvalue weighted by Gasteiger charge is 2.72. The van der Waals surface area contributed by atoms with Gasteiger partial charge in [0.2, 0.25) is 17.7 Å². The van der Waals surface area contributed by atoms with Crippen molar-refractivity contribution in [1.29, 1.82) is 0 Å². The standard InChI is InChI=1S/C30H33N3O4/c1-19-12-14-22(15-13-19)31-27(34)24-23-16-17-30(37-23)25(24)29(36)33(18-20-8-4-2-5-9-20)26(30)28(35)32-21-10-6-3-7-11-21/h2,4-5,8-9,12-17,21,23-26H,3,6-7,10-11,18H2,1H3,(H,31,34)(H,32,35)/t23-,24+,25-,26-,30-/m1/s1. The summed E-state index contributed by atoms with van der Waals surface area (Å²) in [5, 5.41) is 6.21. The Hall–Kier alpha value is -3.45. The first-order valence-electron chi connectivity index (χ1n) is 13.4. The Bertz CT molecular complexity index is 1220. The summed E-state index contributed by atoms with van der Waals surface area (Å²) in [6.07, 6.45) is 8.45. The number of amides is 3. The van der Waals surface area contributed by atoms with Crippen LogP contribution in [0.15, 0.2) is 66.7 Å². The van der Waals surface area contributed by atoms with Gasteiger partial charge in [-0.15, -0.1) is 0 Å². The van der Waals surface area contributed by atoms with Gasteiger partial charge in [-0.25, -0.2) is 0 Å². The van der Waals surface area contributed by atoms with Crippen molar-refractivity contribution in [2.45, 2.75) is 69.4 Å². The van der Waals surface area contributed by atoms with Crippen molar-refractivity contribution in [3.05, 3.63) is 77.9 Å². The van der Waals surface area contributed by atoms with Gasteiger partial charge >= 0.3 is 0 Å². The minimum absolute atomic E-state index is 0.105. The topological polar surface area (TPSA) is 87.7 Å². The van der Waals surface area contributed by atoms with Crippen molar-refractivity contribution in [3.8, 4) is 0 Å². The van der Waals surface area contributed by atoms with Gasteiger partial charge in [-0.05, 0) is 37.5 Å². The number of rotatable bonds is 6. The minimum atomic E-state index is -1.15. The molecule has 2 aromatic carbocycles. The van der Waals surface area contributed by atoms with E-state index in [9.17, 15) is 14.4 Å². The fourth-order valence-corrected chi connectivity index (χ4v) is 6.61. The van der Waals surface area contributed by atoms with Crippen LogP contribution in [0.4, 0.5) is 5.69 Å². The summed E-state index contributed by atoms with van der Waals surface area (Å²) >= 11 is 0. The van der Waals surface area contributed by atoms with Crippen LogP contribution in [0.25, 0.3) is 0 Å². The van der Waals surface area contributed by atoms with Crippen LogP contribution >= 0.6 is 0 Å². The Morgan fingerprint density at radius 2 is 1.73 bits per heavy atom. The molecule has 2 bridgehead atoms. The molecule has 2 saturated heterocycles. The average molecular weight is 500 g/mol. The molecular formula is C30H33N3O4. The third-order valence-electron chi connectivity index (χ3n) is 8.39. The smallest absolute Gasteiger partial charge is 0.246 e. The van der Waals surface area contributed by atoms with Gasteiger partial charge in [0.25, 0.3) is 0 Å². The molecule has 1 spiro atoms. The van der Waals surface area contributed by atoms with Crippen LogP contribution in [0.2, 0.25) is 0 Å².